The summed E-state index contributed by atoms with van der Waals surface area (Å²) in [6.07, 6.45) is 11.8. The molecule has 1 nitrogen and oxygen atoms in total. The summed E-state index contributed by atoms with van der Waals surface area (Å²) in [6.45, 7) is 9.67. The summed E-state index contributed by atoms with van der Waals surface area (Å²) in [6, 6.07) is 0. The lowest BCUT2D eigenvalue weighted by molar-refractivity contribution is 0.155. The lowest BCUT2D eigenvalue weighted by atomic mass is 9.68. The molecule has 1 heteroatoms. The van der Waals surface area contributed by atoms with E-state index in [0.29, 0.717) is 5.54 Å². The minimum Gasteiger partial charge on any atom is -0.307 e. The summed E-state index contributed by atoms with van der Waals surface area (Å²) >= 11 is 0. The van der Waals surface area contributed by atoms with E-state index in [4.69, 9.17) is 0 Å². The maximum Gasteiger partial charge on any atom is 0.0286 e. The first-order chi connectivity index (χ1) is 8.12. The number of hydrogen-bond acceptors (Lipinski definition) is 1. The summed E-state index contributed by atoms with van der Waals surface area (Å²) < 4.78 is 0. The van der Waals surface area contributed by atoms with Gasteiger partial charge in [0, 0.05) is 12.1 Å². The average molecular weight is 233 g/mol. The van der Waals surface area contributed by atoms with Gasteiger partial charge in [0.15, 0.2) is 0 Å². The van der Waals surface area contributed by atoms with E-state index >= 15 is 0 Å². The topological polar surface area (TPSA) is 12.0 Å². The third kappa shape index (κ3) is 3.01. The van der Waals surface area contributed by atoms with Gasteiger partial charge in [-0.3, -0.25) is 0 Å². The molecule has 2 aliphatic rings. The highest BCUT2D eigenvalue weighted by Gasteiger charge is 2.39. The first-order valence-corrected chi connectivity index (χ1v) is 7.17. The van der Waals surface area contributed by atoms with Crippen molar-refractivity contribution in [2.75, 3.05) is 6.54 Å². The molecule has 0 saturated heterocycles. The molecule has 1 fully saturated rings. The van der Waals surface area contributed by atoms with Crippen LogP contribution in [-0.2, 0) is 0 Å². The molecular weight excluding hydrogens is 206 g/mol. The van der Waals surface area contributed by atoms with Crippen LogP contribution in [0.25, 0.3) is 0 Å². The number of nitrogens with one attached hydrogen (secondary N) is 1. The van der Waals surface area contributed by atoms with Gasteiger partial charge in [0.1, 0.15) is 0 Å². The highest BCUT2D eigenvalue weighted by molar-refractivity contribution is 5.17. The van der Waals surface area contributed by atoms with E-state index in [0.717, 1.165) is 18.9 Å². The Bertz CT molecular complexity index is 309. The second-order valence-electron chi connectivity index (χ2n) is 6.23. The minimum absolute atomic E-state index is 0.324. The van der Waals surface area contributed by atoms with Crippen molar-refractivity contribution in [3.63, 3.8) is 0 Å². The van der Waals surface area contributed by atoms with Gasteiger partial charge in [-0.05, 0) is 45.4 Å². The molecule has 1 N–H and O–H groups in total. The molecule has 0 radical (unpaired) electrons. The fraction of sp³-hybridized carbons (Fsp3) is 0.750. The van der Waals surface area contributed by atoms with Crippen LogP contribution in [0.3, 0.4) is 0 Å². The van der Waals surface area contributed by atoms with E-state index < -0.39 is 0 Å². The van der Waals surface area contributed by atoms with Crippen LogP contribution in [0.5, 0.6) is 0 Å². The van der Waals surface area contributed by atoms with E-state index in [1.165, 1.54) is 44.1 Å². The van der Waals surface area contributed by atoms with Crippen LogP contribution in [0, 0.1) is 5.92 Å². The zero-order chi connectivity index (χ0) is 12.3. The van der Waals surface area contributed by atoms with Crippen molar-refractivity contribution < 1.29 is 0 Å². The molecule has 17 heavy (non-hydrogen) atoms. The fourth-order valence-electron chi connectivity index (χ4n) is 3.81. The van der Waals surface area contributed by atoms with Gasteiger partial charge in [0.2, 0.25) is 0 Å². The molecule has 1 aliphatic carbocycles. The van der Waals surface area contributed by atoms with Crippen molar-refractivity contribution in [2.24, 2.45) is 5.92 Å². The van der Waals surface area contributed by atoms with Crippen LogP contribution < -0.4 is 5.32 Å². The molecule has 0 aromatic rings. The van der Waals surface area contributed by atoms with Gasteiger partial charge in [-0.1, -0.05) is 36.5 Å². The molecule has 1 aliphatic heterocycles. The molecule has 0 amide bonds. The van der Waals surface area contributed by atoms with Crippen LogP contribution in [0.15, 0.2) is 23.8 Å². The monoisotopic (exact) mass is 233 g/mol. The van der Waals surface area contributed by atoms with Crippen molar-refractivity contribution in [3.8, 4) is 0 Å². The van der Waals surface area contributed by atoms with Crippen molar-refractivity contribution in [1.29, 1.82) is 0 Å². The number of rotatable bonds is 3. The highest BCUT2D eigenvalue weighted by atomic mass is 15.0. The molecule has 0 spiro atoms. The summed E-state index contributed by atoms with van der Waals surface area (Å²) in [4.78, 5) is 0. The quantitative estimate of drug-likeness (QED) is 0.720. The fourth-order valence-corrected chi connectivity index (χ4v) is 3.81. The van der Waals surface area contributed by atoms with Gasteiger partial charge in [-0.15, -0.1) is 6.58 Å². The van der Waals surface area contributed by atoms with Gasteiger partial charge in [0.05, 0.1) is 0 Å². The predicted octanol–water partition coefficient (Wildman–Crippen LogP) is 4.21. The van der Waals surface area contributed by atoms with Crippen LogP contribution >= 0.6 is 0 Å². The molecule has 1 heterocycles. The molecule has 0 unspecified atom stereocenters. The first-order valence-electron chi connectivity index (χ1n) is 7.17. The van der Waals surface area contributed by atoms with Gasteiger partial charge >= 0.3 is 0 Å². The standard InChI is InChI=1S/C16H27N/c1-13(2)11-16(12-14(3)9-10-17-16)15-7-5-4-6-8-15/h9,15,17H,1,4-8,10-12H2,2-3H3/t16-/m1/s1. The molecule has 2 rings (SSSR count). The van der Waals surface area contributed by atoms with Crippen molar-refractivity contribution in [1.82, 2.24) is 5.32 Å². The Morgan fingerprint density at radius 2 is 2.12 bits per heavy atom. The van der Waals surface area contributed by atoms with Crippen LogP contribution in [0.1, 0.15) is 58.8 Å². The lowest BCUT2D eigenvalue weighted by Gasteiger charge is -2.46. The zero-order valence-corrected chi connectivity index (χ0v) is 11.5. The van der Waals surface area contributed by atoms with Gasteiger partial charge in [-0.2, -0.15) is 0 Å². The lowest BCUT2D eigenvalue weighted by Crippen LogP contribution is -2.54. The minimum atomic E-state index is 0.324. The SMILES string of the molecule is C=C(C)C[C@]1(C2CCCCC2)CC(C)=CCN1. The summed E-state index contributed by atoms with van der Waals surface area (Å²) in [5.74, 6) is 0.858. The molecule has 0 aromatic heterocycles. The van der Waals surface area contributed by atoms with Crippen molar-refractivity contribution in [2.45, 2.75) is 64.3 Å². The summed E-state index contributed by atoms with van der Waals surface area (Å²) in [5.41, 5.74) is 3.22. The zero-order valence-electron chi connectivity index (χ0n) is 11.5. The van der Waals surface area contributed by atoms with Gasteiger partial charge in [-0.25, -0.2) is 0 Å². The smallest absolute Gasteiger partial charge is 0.0286 e. The molecule has 1 saturated carbocycles. The van der Waals surface area contributed by atoms with Gasteiger partial charge in [0.25, 0.3) is 0 Å². The van der Waals surface area contributed by atoms with E-state index in [-0.39, 0.29) is 0 Å². The van der Waals surface area contributed by atoms with Crippen LogP contribution in [0.2, 0.25) is 0 Å². The van der Waals surface area contributed by atoms with Crippen LogP contribution in [-0.4, -0.2) is 12.1 Å². The molecule has 1 atom stereocenters. The van der Waals surface area contributed by atoms with E-state index in [1.54, 1.807) is 5.57 Å². The maximum absolute atomic E-state index is 4.15. The predicted molar refractivity (Wildman–Crippen MR) is 75.1 cm³/mol. The second-order valence-corrected chi connectivity index (χ2v) is 6.23. The largest absolute Gasteiger partial charge is 0.307 e. The Kier molecular flexibility index (Phi) is 4.09. The van der Waals surface area contributed by atoms with Crippen molar-refractivity contribution in [3.05, 3.63) is 23.8 Å². The van der Waals surface area contributed by atoms with E-state index in [2.05, 4.69) is 31.8 Å². The average Bonchev–Trinajstić information content (AvgIpc) is 2.29. The number of hydrogen-bond donors (Lipinski definition) is 1. The first kappa shape index (κ1) is 12.9. The third-order valence-electron chi connectivity index (χ3n) is 4.50. The normalized spacial score (nSPS) is 31.1. The van der Waals surface area contributed by atoms with Crippen molar-refractivity contribution >= 4 is 0 Å². The Morgan fingerprint density at radius 1 is 1.41 bits per heavy atom. The van der Waals surface area contributed by atoms with E-state index in [9.17, 15) is 0 Å². The van der Waals surface area contributed by atoms with Crippen LogP contribution in [0.4, 0.5) is 0 Å². The molecular formula is C16H27N. The Labute approximate surface area is 106 Å². The van der Waals surface area contributed by atoms with E-state index in [1.807, 2.05) is 0 Å². The maximum atomic E-state index is 4.15. The molecule has 0 aromatic carbocycles. The molecule has 96 valence electrons. The Balaban J connectivity index is 2.16. The Morgan fingerprint density at radius 3 is 2.71 bits per heavy atom. The second kappa shape index (κ2) is 5.39. The Hall–Kier alpha value is -0.560. The summed E-state index contributed by atoms with van der Waals surface area (Å²) in [7, 11) is 0. The molecule has 0 bridgehead atoms. The van der Waals surface area contributed by atoms with Gasteiger partial charge < -0.3 is 5.32 Å². The summed E-state index contributed by atoms with van der Waals surface area (Å²) in [5, 5.41) is 3.83. The third-order valence-corrected chi connectivity index (χ3v) is 4.50. The highest BCUT2D eigenvalue weighted by Crippen LogP contribution is 2.41.